The van der Waals surface area contributed by atoms with Crippen LogP contribution in [0.2, 0.25) is 0 Å². The second-order valence-corrected chi connectivity index (χ2v) is 9.44. The lowest BCUT2D eigenvalue weighted by Gasteiger charge is -2.26. The molecular weight excluding hydrogens is 404 g/mol. The molecule has 1 amide bonds. The maximum absolute atomic E-state index is 12.2. The third-order valence-electron chi connectivity index (χ3n) is 7.23. The van der Waals surface area contributed by atoms with Gasteiger partial charge in [0.15, 0.2) is 6.33 Å². The number of hydrogen-bond donors (Lipinski definition) is 0. The van der Waals surface area contributed by atoms with E-state index in [1.807, 2.05) is 24.5 Å². The van der Waals surface area contributed by atoms with Crippen molar-refractivity contribution in [2.75, 3.05) is 11.9 Å². The van der Waals surface area contributed by atoms with Crippen LogP contribution in [-0.4, -0.2) is 28.2 Å². The molecule has 2 saturated carbocycles. The number of benzene rings is 1. The van der Waals surface area contributed by atoms with Crippen LogP contribution < -0.4 is 4.90 Å². The number of aromatic nitrogens is 3. The summed E-state index contributed by atoms with van der Waals surface area (Å²) in [5, 5.41) is 3.81. The molecule has 2 aromatic heterocycles. The van der Waals surface area contributed by atoms with Crippen molar-refractivity contribution in [3.63, 3.8) is 0 Å². The lowest BCUT2D eigenvalue weighted by Crippen LogP contribution is -2.31. The molecule has 0 radical (unpaired) electrons. The molecule has 7 nitrogen and oxygen atoms in total. The topological polar surface area (TPSA) is 81.4 Å². The smallest absolute Gasteiger partial charge is 0.414 e. The summed E-state index contributed by atoms with van der Waals surface area (Å²) in [6.07, 6.45) is 9.75. The summed E-state index contributed by atoms with van der Waals surface area (Å²) in [6, 6.07) is 5.54. The quantitative estimate of drug-likeness (QED) is 0.554. The Morgan fingerprint density at radius 1 is 1.22 bits per heavy atom. The van der Waals surface area contributed by atoms with Crippen LogP contribution in [0.1, 0.15) is 77.6 Å². The van der Waals surface area contributed by atoms with Crippen LogP contribution in [0.5, 0.6) is 0 Å². The lowest BCUT2D eigenvalue weighted by molar-refractivity contribution is 0.143. The normalized spacial score (nSPS) is 26.8. The Balaban J connectivity index is 1.38. The van der Waals surface area contributed by atoms with Crippen LogP contribution in [0.3, 0.4) is 0 Å². The van der Waals surface area contributed by atoms with Gasteiger partial charge in [-0.1, -0.05) is 18.1 Å². The zero-order valence-corrected chi connectivity index (χ0v) is 17.9. The molecule has 3 aromatic rings. The maximum Gasteiger partial charge on any atom is 0.414 e. The molecule has 3 aliphatic rings. The minimum absolute atomic E-state index is 0.0473. The van der Waals surface area contributed by atoms with Gasteiger partial charge in [-0.3, -0.25) is 9.88 Å². The number of fused-ring (bicyclic) bond motifs is 1. The molecule has 3 heterocycles. The predicted molar refractivity (Wildman–Crippen MR) is 118 cm³/mol. The Kier molecular flexibility index (Phi) is 3.67. The molecule has 0 spiro atoms. The first-order valence-electron chi connectivity index (χ1n) is 12.6. The molecule has 1 aliphatic heterocycles. The summed E-state index contributed by atoms with van der Waals surface area (Å²) in [5.74, 6) is 1.53. The van der Waals surface area contributed by atoms with Gasteiger partial charge in [0.2, 0.25) is 5.89 Å². The Hall–Kier alpha value is -3.22. The van der Waals surface area contributed by atoms with Gasteiger partial charge in [0.1, 0.15) is 6.61 Å². The third kappa shape index (κ3) is 3.10. The monoisotopic (exact) mass is 433 g/mol. The summed E-state index contributed by atoms with van der Waals surface area (Å²) < 4.78 is 33.8. The number of anilines is 1. The van der Waals surface area contributed by atoms with E-state index in [9.17, 15) is 4.79 Å². The minimum atomic E-state index is -2.61. The molecule has 0 unspecified atom stereocenters. The zero-order chi connectivity index (χ0) is 24.4. The van der Waals surface area contributed by atoms with Gasteiger partial charge in [0.05, 0.1) is 5.69 Å². The van der Waals surface area contributed by atoms with E-state index in [0.29, 0.717) is 29.0 Å². The van der Waals surface area contributed by atoms with E-state index in [4.69, 9.17) is 13.4 Å². The largest absolute Gasteiger partial charge is 0.444 e. The van der Waals surface area contributed by atoms with Gasteiger partial charge < -0.3 is 9.26 Å². The van der Waals surface area contributed by atoms with Gasteiger partial charge in [-0.25, -0.2) is 4.79 Å². The number of cyclic esters (lactones) is 1. The van der Waals surface area contributed by atoms with Crippen LogP contribution in [0.15, 0.2) is 41.4 Å². The summed E-state index contributed by atoms with van der Waals surface area (Å²) in [4.78, 5) is 21.9. The van der Waals surface area contributed by atoms with Crippen molar-refractivity contribution in [2.45, 2.75) is 62.9 Å². The van der Waals surface area contributed by atoms with Gasteiger partial charge in [0, 0.05) is 40.0 Å². The molecule has 32 heavy (non-hydrogen) atoms. The number of hydrogen-bond acceptors (Lipinski definition) is 6. The molecule has 0 saturated heterocycles. The van der Waals surface area contributed by atoms with E-state index in [0.717, 1.165) is 48.1 Å². The first-order valence-corrected chi connectivity index (χ1v) is 11.1. The van der Waals surface area contributed by atoms with Crippen molar-refractivity contribution < 1.29 is 18.2 Å². The zero-order valence-electron chi connectivity index (χ0n) is 20.9. The molecule has 0 N–H and O–H groups in total. The van der Waals surface area contributed by atoms with E-state index in [-0.39, 0.29) is 12.0 Å². The van der Waals surface area contributed by atoms with Crippen molar-refractivity contribution in [1.82, 2.24) is 15.1 Å². The van der Waals surface area contributed by atoms with Crippen molar-refractivity contribution in [1.29, 1.82) is 0 Å². The van der Waals surface area contributed by atoms with E-state index in [1.165, 1.54) is 17.5 Å². The Morgan fingerprint density at radius 2 is 2.12 bits per heavy atom. The fourth-order valence-corrected chi connectivity index (χ4v) is 5.40. The van der Waals surface area contributed by atoms with Crippen LogP contribution in [0.25, 0.3) is 11.1 Å². The van der Waals surface area contributed by atoms with Gasteiger partial charge in [-0.05, 0) is 72.8 Å². The number of carbonyl (C=O) groups is 1. The number of ether oxygens (including phenoxy) is 1. The van der Waals surface area contributed by atoms with Gasteiger partial charge in [0.25, 0.3) is 0 Å². The SMILES string of the molecule is [2H]C([2H])([2H])N1C(=O)OCc2cc(-c3cncc([C@H]4CC[C@@](C)(c5ncno5)C4)c3C3CC3)ccc21. The van der Waals surface area contributed by atoms with Crippen LogP contribution in [0, 0.1) is 0 Å². The van der Waals surface area contributed by atoms with Gasteiger partial charge in [-0.2, -0.15) is 4.98 Å². The second-order valence-electron chi connectivity index (χ2n) is 9.44. The number of nitrogens with zero attached hydrogens (tertiary/aromatic N) is 4. The molecule has 7 heteroatoms. The van der Waals surface area contributed by atoms with Gasteiger partial charge >= 0.3 is 6.09 Å². The highest BCUT2D eigenvalue weighted by molar-refractivity contribution is 5.90. The first-order chi connectivity index (χ1) is 16.7. The number of rotatable bonds is 4. The van der Waals surface area contributed by atoms with Crippen LogP contribution >= 0.6 is 0 Å². The molecule has 2 fully saturated rings. The minimum Gasteiger partial charge on any atom is -0.444 e. The summed E-state index contributed by atoms with van der Waals surface area (Å²) >= 11 is 0. The fraction of sp³-hybridized carbons (Fsp3) is 0.440. The number of carbonyl (C=O) groups excluding carboxylic acids is 1. The Labute approximate surface area is 191 Å². The average molecular weight is 434 g/mol. The van der Waals surface area contributed by atoms with E-state index in [2.05, 4.69) is 22.0 Å². The lowest BCUT2D eigenvalue weighted by atomic mass is 9.83. The second kappa shape index (κ2) is 7.15. The highest BCUT2D eigenvalue weighted by atomic mass is 16.6. The van der Waals surface area contributed by atoms with Crippen molar-refractivity contribution in [2.24, 2.45) is 0 Å². The van der Waals surface area contributed by atoms with Gasteiger partial charge in [-0.15, -0.1) is 0 Å². The Bertz CT molecular complexity index is 1290. The summed E-state index contributed by atoms with van der Waals surface area (Å²) in [7, 11) is 0. The van der Waals surface area contributed by atoms with Crippen molar-refractivity contribution in [3.05, 3.63) is 59.5 Å². The molecular formula is C25H26N4O3. The molecule has 0 bridgehead atoms. The molecule has 6 rings (SSSR count). The number of pyridine rings is 1. The van der Waals surface area contributed by atoms with Crippen molar-refractivity contribution in [3.8, 4) is 11.1 Å². The van der Waals surface area contributed by atoms with E-state index < -0.39 is 13.1 Å². The summed E-state index contributed by atoms with van der Waals surface area (Å²) in [6.45, 7) is -0.371. The van der Waals surface area contributed by atoms with Crippen LogP contribution in [0.4, 0.5) is 10.5 Å². The molecule has 2 atom stereocenters. The summed E-state index contributed by atoms with van der Waals surface area (Å²) in [5.41, 5.74) is 5.54. The molecule has 164 valence electrons. The first kappa shape index (κ1) is 16.4. The van der Waals surface area contributed by atoms with E-state index in [1.54, 1.807) is 6.07 Å². The molecule has 2 aliphatic carbocycles. The predicted octanol–water partition coefficient (Wildman–Crippen LogP) is 5.32. The molecule has 1 aromatic carbocycles. The number of amides is 1. The fourth-order valence-electron chi connectivity index (χ4n) is 5.40. The third-order valence-corrected chi connectivity index (χ3v) is 7.23. The van der Waals surface area contributed by atoms with E-state index >= 15 is 0 Å². The highest BCUT2D eigenvalue weighted by Gasteiger charge is 2.43. The average Bonchev–Trinajstić information content (AvgIpc) is 3.34. The maximum atomic E-state index is 12.2. The highest BCUT2D eigenvalue weighted by Crippen LogP contribution is 2.53. The standard InChI is InChI=1S/C25H26N4O3/c1-25(23-27-14-28-32-23)8-7-17(10-25)20-12-26-11-19(22(20)15-3-4-15)16-5-6-21-18(9-16)13-31-24(30)29(21)2/h5-6,9,11-12,14-15,17H,3-4,7-8,10,13H2,1-2H3/t17-,25+/m0/s1/i2D3. The van der Waals surface area contributed by atoms with Crippen molar-refractivity contribution >= 4 is 11.8 Å². The Morgan fingerprint density at radius 3 is 2.91 bits per heavy atom. The van der Waals surface area contributed by atoms with Crippen LogP contribution in [-0.2, 0) is 16.8 Å².